The van der Waals surface area contributed by atoms with E-state index in [0.29, 0.717) is 24.4 Å². The summed E-state index contributed by atoms with van der Waals surface area (Å²) in [6.45, 7) is 2.40. The third kappa shape index (κ3) is 4.94. The van der Waals surface area contributed by atoms with Crippen LogP contribution in [0.15, 0.2) is 67.0 Å². The molecule has 138 valence electrons. The number of hydrogen-bond acceptors (Lipinski definition) is 4. The summed E-state index contributed by atoms with van der Waals surface area (Å²) in [6, 6.07) is 16.3. The van der Waals surface area contributed by atoms with E-state index in [-0.39, 0.29) is 5.91 Å². The Kier molecular flexibility index (Phi) is 5.84. The van der Waals surface area contributed by atoms with E-state index in [0.717, 1.165) is 11.3 Å². The van der Waals surface area contributed by atoms with Gasteiger partial charge in [0.05, 0.1) is 18.5 Å². The molecule has 1 aromatic heterocycles. The first-order valence-electron chi connectivity index (χ1n) is 8.56. The van der Waals surface area contributed by atoms with Gasteiger partial charge in [-0.1, -0.05) is 18.2 Å². The fraction of sp³-hybridized carbons (Fsp3) is 0.150. The van der Waals surface area contributed by atoms with E-state index < -0.39 is 6.09 Å². The lowest BCUT2D eigenvalue weighted by Gasteiger charge is -2.07. The number of rotatable bonds is 6. The van der Waals surface area contributed by atoms with Gasteiger partial charge in [0.1, 0.15) is 0 Å². The van der Waals surface area contributed by atoms with Crippen LogP contribution in [0.5, 0.6) is 0 Å². The lowest BCUT2D eigenvalue weighted by Crippen LogP contribution is -2.22. The fourth-order valence-corrected chi connectivity index (χ4v) is 2.45. The SMILES string of the molecule is CCOC(=O)Nc1ccc(C(=O)NCc2cnn(-c3ccccc3)c2)cc1. The molecule has 0 saturated carbocycles. The molecule has 2 amide bonds. The van der Waals surface area contributed by atoms with Crippen LogP contribution >= 0.6 is 0 Å². The van der Waals surface area contributed by atoms with E-state index in [1.807, 2.05) is 36.5 Å². The third-order valence-corrected chi connectivity index (χ3v) is 3.78. The summed E-state index contributed by atoms with van der Waals surface area (Å²) < 4.78 is 6.57. The van der Waals surface area contributed by atoms with Crippen LogP contribution in [0, 0.1) is 0 Å². The molecular weight excluding hydrogens is 344 g/mol. The topological polar surface area (TPSA) is 85.2 Å². The monoisotopic (exact) mass is 364 g/mol. The molecule has 0 aliphatic carbocycles. The Morgan fingerprint density at radius 1 is 1.07 bits per heavy atom. The normalized spacial score (nSPS) is 10.3. The highest BCUT2D eigenvalue weighted by Crippen LogP contribution is 2.11. The van der Waals surface area contributed by atoms with Crippen molar-refractivity contribution in [1.82, 2.24) is 15.1 Å². The van der Waals surface area contributed by atoms with Gasteiger partial charge in [-0.05, 0) is 43.3 Å². The van der Waals surface area contributed by atoms with Gasteiger partial charge in [-0.15, -0.1) is 0 Å². The summed E-state index contributed by atoms with van der Waals surface area (Å²) in [5, 5.41) is 9.74. The van der Waals surface area contributed by atoms with Gasteiger partial charge in [0.2, 0.25) is 0 Å². The second-order valence-electron chi connectivity index (χ2n) is 5.73. The summed E-state index contributed by atoms with van der Waals surface area (Å²) in [5.74, 6) is -0.204. The first-order chi connectivity index (χ1) is 13.2. The summed E-state index contributed by atoms with van der Waals surface area (Å²) in [7, 11) is 0. The summed E-state index contributed by atoms with van der Waals surface area (Å²) in [4.78, 5) is 23.7. The number of nitrogens with one attached hydrogen (secondary N) is 2. The van der Waals surface area contributed by atoms with Crippen molar-refractivity contribution in [3.8, 4) is 5.69 Å². The van der Waals surface area contributed by atoms with Crippen molar-refractivity contribution in [1.29, 1.82) is 0 Å². The molecule has 0 atom stereocenters. The van der Waals surface area contributed by atoms with Crippen LogP contribution in [0.2, 0.25) is 0 Å². The summed E-state index contributed by atoms with van der Waals surface area (Å²) in [6.07, 6.45) is 3.08. The van der Waals surface area contributed by atoms with Crippen molar-refractivity contribution in [3.05, 3.63) is 78.1 Å². The highest BCUT2D eigenvalue weighted by Gasteiger charge is 2.08. The Labute approximate surface area is 157 Å². The van der Waals surface area contributed by atoms with E-state index in [1.54, 1.807) is 42.1 Å². The molecule has 7 heteroatoms. The van der Waals surface area contributed by atoms with Gasteiger partial charge < -0.3 is 10.1 Å². The predicted octanol–water partition coefficient (Wildman–Crippen LogP) is 3.37. The number of carbonyl (C=O) groups excluding carboxylic acids is 2. The summed E-state index contributed by atoms with van der Waals surface area (Å²) >= 11 is 0. The van der Waals surface area contributed by atoms with Gasteiger partial charge in [-0.3, -0.25) is 10.1 Å². The van der Waals surface area contributed by atoms with Gasteiger partial charge in [0, 0.05) is 29.6 Å². The van der Waals surface area contributed by atoms with E-state index >= 15 is 0 Å². The van der Waals surface area contributed by atoms with Crippen LogP contribution in [-0.4, -0.2) is 28.4 Å². The zero-order valence-corrected chi connectivity index (χ0v) is 14.9. The highest BCUT2D eigenvalue weighted by molar-refractivity contribution is 5.95. The first-order valence-corrected chi connectivity index (χ1v) is 8.56. The average Bonchev–Trinajstić information content (AvgIpc) is 3.17. The number of carbonyl (C=O) groups is 2. The second-order valence-corrected chi connectivity index (χ2v) is 5.73. The van der Waals surface area contributed by atoms with Gasteiger partial charge in [-0.2, -0.15) is 5.10 Å². The van der Waals surface area contributed by atoms with Crippen LogP contribution < -0.4 is 10.6 Å². The summed E-state index contributed by atoms with van der Waals surface area (Å²) in [5.41, 5.74) is 2.92. The molecule has 0 unspecified atom stereocenters. The average molecular weight is 364 g/mol. The van der Waals surface area contributed by atoms with Crippen molar-refractivity contribution >= 4 is 17.7 Å². The maximum absolute atomic E-state index is 12.3. The standard InChI is InChI=1S/C20H20N4O3/c1-2-27-20(26)23-17-10-8-16(9-11-17)19(25)21-12-15-13-22-24(14-15)18-6-4-3-5-7-18/h3-11,13-14H,2,12H2,1H3,(H,21,25)(H,23,26). The molecule has 0 radical (unpaired) electrons. The lowest BCUT2D eigenvalue weighted by molar-refractivity contribution is 0.0951. The van der Waals surface area contributed by atoms with Gasteiger partial charge in [-0.25, -0.2) is 9.48 Å². The van der Waals surface area contributed by atoms with Crippen molar-refractivity contribution in [2.45, 2.75) is 13.5 Å². The highest BCUT2D eigenvalue weighted by atomic mass is 16.5. The number of benzene rings is 2. The molecule has 0 aliphatic heterocycles. The Bertz CT molecular complexity index is 904. The molecule has 2 aromatic carbocycles. The van der Waals surface area contributed by atoms with Gasteiger partial charge >= 0.3 is 6.09 Å². The molecule has 7 nitrogen and oxygen atoms in total. The molecular formula is C20H20N4O3. The minimum absolute atomic E-state index is 0.204. The van der Waals surface area contributed by atoms with Crippen LogP contribution in [0.3, 0.4) is 0 Å². The quantitative estimate of drug-likeness (QED) is 0.702. The fourth-order valence-electron chi connectivity index (χ4n) is 2.45. The first kappa shape index (κ1) is 18.2. The van der Waals surface area contributed by atoms with Crippen LogP contribution in [0.4, 0.5) is 10.5 Å². The molecule has 3 aromatic rings. The number of anilines is 1. The Morgan fingerprint density at radius 2 is 1.81 bits per heavy atom. The molecule has 1 heterocycles. The predicted molar refractivity (Wildman–Crippen MR) is 102 cm³/mol. The molecule has 0 saturated heterocycles. The molecule has 3 rings (SSSR count). The number of ether oxygens (including phenoxy) is 1. The molecule has 0 aliphatic rings. The minimum atomic E-state index is -0.523. The number of para-hydroxylation sites is 1. The van der Waals surface area contributed by atoms with E-state index in [1.165, 1.54) is 0 Å². The molecule has 0 fully saturated rings. The van der Waals surface area contributed by atoms with Crippen molar-refractivity contribution in [2.24, 2.45) is 0 Å². The van der Waals surface area contributed by atoms with Crippen LogP contribution in [0.25, 0.3) is 5.69 Å². The zero-order valence-electron chi connectivity index (χ0n) is 14.9. The van der Waals surface area contributed by atoms with E-state index in [2.05, 4.69) is 15.7 Å². The van der Waals surface area contributed by atoms with Crippen molar-refractivity contribution < 1.29 is 14.3 Å². The second kappa shape index (κ2) is 8.66. The third-order valence-electron chi connectivity index (χ3n) is 3.78. The Hall–Kier alpha value is -3.61. The Balaban J connectivity index is 1.55. The van der Waals surface area contributed by atoms with E-state index in [4.69, 9.17) is 4.74 Å². The van der Waals surface area contributed by atoms with Crippen molar-refractivity contribution in [3.63, 3.8) is 0 Å². The molecule has 2 N–H and O–H groups in total. The number of hydrogen-bond donors (Lipinski definition) is 2. The number of amides is 2. The lowest BCUT2D eigenvalue weighted by atomic mass is 10.2. The van der Waals surface area contributed by atoms with Gasteiger partial charge in [0.15, 0.2) is 0 Å². The largest absolute Gasteiger partial charge is 0.450 e. The smallest absolute Gasteiger partial charge is 0.411 e. The van der Waals surface area contributed by atoms with Gasteiger partial charge in [0.25, 0.3) is 5.91 Å². The number of aromatic nitrogens is 2. The minimum Gasteiger partial charge on any atom is -0.450 e. The van der Waals surface area contributed by atoms with Crippen molar-refractivity contribution in [2.75, 3.05) is 11.9 Å². The van der Waals surface area contributed by atoms with Crippen LogP contribution in [-0.2, 0) is 11.3 Å². The number of nitrogens with zero attached hydrogens (tertiary/aromatic N) is 2. The van der Waals surface area contributed by atoms with Crippen LogP contribution in [0.1, 0.15) is 22.8 Å². The molecule has 0 bridgehead atoms. The molecule has 0 spiro atoms. The Morgan fingerprint density at radius 3 is 2.52 bits per heavy atom. The zero-order chi connectivity index (χ0) is 19.1. The van der Waals surface area contributed by atoms with E-state index in [9.17, 15) is 9.59 Å². The maximum Gasteiger partial charge on any atom is 0.411 e. The maximum atomic E-state index is 12.3. The molecule has 27 heavy (non-hydrogen) atoms.